The highest BCUT2D eigenvalue weighted by molar-refractivity contribution is 5.82. The van der Waals surface area contributed by atoms with Crippen molar-refractivity contribution in [3.05, 3.63) is 24.3 Å². The van der Waals surface area contributed by atoms with Crippen LogP contribution in [-0.4, -0.2) is 12.1 Å². The number of ether oxygens (including phenoxy) is 1. The highest BCUT2D eigenvalue weighted by Gasteiger charge is 2.14. The second kappa shape index (κ2) is 5.15. The molecule has 0 aromatic carbocycles. The maximum atomic E-state index is 11.0. The van der Waals surface area contributed by atoms with Crippen LogP contribution in [-0.2, 0) is 9.53 Å². The molecule has 2 nitrogen and oxygen atoms in total. The van der Waals surface area contributed by atoms with E-state index in [1.807, 2.05) is 6.08 Å². The molecule has 2 aliphatic rings. The predicted molar refractivity (Wildman–Crippen MR) is 59.4 cm³/mol. The quantitative estimate of drug-likeness (QED) is 0.513. The third kappa shape index (κ3) is 3.22. The van der Waals surface area contributed by atoms with Crippen LogP contribution in [0.3, 0.4) is 0 Å². The summed E-state index contributed by atoms with van der Waals surface area (Å²) in [6.07, 6.45) is 15.2. The fourth-order valence-electron chi connectivity index (χ4n) is 2.26. The SMILES string of the molecule is O=C1C=CC[C@H](/C=C/C2CCCCC2)O1. The van der Waals surface area contributed by atoms with Crippen molar-refractivity contribution >= 4 is 5.97 Å². The fraction of sp³-hybridized carbons (Fsp3) is 0.615. The van der Waals surface area contributed by atoms with Gasteiger partial charge < -0.3 is 4.74 Å². The predicted octanol–water partition coefficient (Wildman–Crippen LogP) is 2.99. The zero-order valence-corrected chi connectivity index (χ0v) is 9.02. The summed E-state index contributed by atoms with van der Waals surface area (Å²) in [5.41, 5.74) is 0. The molecule has 2 heteroatoms. The summed E-state index contributed by atoms with van der Waals surface area (Å²) < 4.78 is 5.16. The van der Waals surface area contributed by atoms with Crippen LogP contribution in [0.1, 0.15) is 38.5 Å². The number of carbonyl (C=O) groups is 1. The highest BCUT2D eigenvalue weighted by Crippen LogP contribution is 2.25. The summed E-state index contributed by atoms with van der Waals surface area (Å²) in [4.78, 5) is 11.0. The molecule has 0 N–H and O–H groups in total. The Morgan fingerprint density at radius 3 is 2.73 bits per heavy atom. The largest absolute Gasteiger partial charge is 0.455 e. The van der Waals surface area contributed by atoms with Crippen molar-refractivity contribution in [1.29, 1.82) is 0 Å². The molecule has 1 aliphatic carbocycles. The van der Waals surface area contributed by atoms with Gasteiger partial charge in [-0.15, -0.1) is 0 Å². The summed E-state index contributed by atoms with van der Waals surface area (Å²) in [5.74, 6) is 0.503. The molecule has 0 bridgehead atoms. The summed E-state index contributed by atoms with van der Waals surface area (Å²) in [6, 6.07) is 0. The Kier molecular flexibility index (Phi) is 3.59. The van der Waals surface area contributed by atoms with Crippen molar-refractivity contribution in [1.82, 2.24) is 0 Å². The second-order valence-electron chi connectivity index (χ2n) is 4.40. The minimum absolute atomic E-state index is 0.0237. The third-order valence-corrected chi connectivity index (χ3v) is 3.14. The van der Waals surface area contributed by atoms with Crippen LogP contribution in [0.25, 0.3) is 0 Å². The molecule has 1 aliphatic heterocycles. The number of hydrogen-bond acceptors (Lipinski definition) is 2. The molecular formula is C13H18O2. The molecular weight excluding hydrogens is 188 g/mol. The number of esters is 1. The molecule has 15 heavy (non-hydrogen) atoms. The Morgan fingerprint density at radius 1 is 1.20 bits per heavy atom. The normalized spacial score (nSPS) is 28.3. The van der Waals surface area contributed by atoms with Crippen LogP contribution in [0.2, 0.25) is 0 Å². The van der Waals surface area contributed by atoms with Gasteiger partial charge in [-0.25, -0.2) is 4.79 Å². The average molecular weight is 206 g/mol. The lowest BCUT2D eigenvalue weighted by Crippen LogP contribution is -2.17. The first kappa shape index (κ1) is 10.5. The van der Waals surface area contributed by atoms with Gasteiger partial charge in [-0.1, -0.05) is 31.4 Å². The van der Waals surface area contributed by atoms with Crippen molar-refractivity contribution < 1.29 is 9.53 Å². The lowest BCUT2D eigenvalue weighted by atomic mass is 9.89. The maximum absolute atomic E-state index is 11.0. The first-order valence-corrected chi connectivity index (χ1v) is 5.90. The molecule has 0 spiro atoms. The smallest absolute Gasteiger partial charge is 0.331 e. The van der Waals surface area contributed by atoms with Crippen LogP contribution in [0, 0.1) is 5.92 Å². The summed E-state index contributed by atoms with van der Waals surface area (Å²) in [6.45, 7) is 0. The molecule has 0 radical (unpaired) electrons. The summed E-state index contributed by atoms with van der Waals surface area (Å²) in [5, 5.41) is 0. The Morgan fingerprint density at radius 2 is 2.00 bits per heavy atom. The maximum Gasteiger partial charge on any atom is 0.331 e. The minimum Gasteiger partial charge on any atom is -0.455 e. The number of cyclic esters (lactones) is 1. The molecule has 0 unspecified atom stereocenters. The molecule has 1 fully saturated rings. The van der Waals surface area contributed by atoms with Gasteiger partial charge >= 0.3 is 5.97 Å². The van der Waals surface area contributed by atoms with Crippen molar-refractivity contribution in [2.45, 2.75) is 44.6 Å². The van der Waals surface area contributed by atoms with Crippen LogP contribution >= 0.6 is 0 Å². The molecule has 0 aromatic rings. The number of rotatable bonds is 2. The van der Waals surface area contributed by atoms with Crippen LogP contribution in [0.15, 0.2) is 24.3 Å². The molecule has 1 atom stereocenters. The van der Waals surface area contributed by atoms with Gasteiger partial charge in [-0.3, -0.25) is 0 Å². The van der Waals surface area contributed by atoms with E-state index in [-0.39, 0.29) is 12.1 Å². The average Bonchev–Trinajstić information content (AvgIpc) is 2.28. The summed E-state index contributed by atoms with van der Waals surface area (Å²) >= 11 is 0. The molecule has 82 valence electrons. The van der Waals surface area contributed by atoms with E-state index in [9.17, 15) is 4.79 Å². The van der Waals surface area contributed by atoms with E-state index in [4.69, 9.17) is 4.74 Å². The van der Waals surface area contributed by atoms with Crippen LogP contribution in [0.4, 0.5) is 0 Å². The van der Waals surface area contributed by atoms with Gasteiger partial charge in [0.1, 0.15) is 6.10 Å². The van der Waals surface area contributed by atoms with Crippen molar-refractivity contribution in [3.8, 4) is 0 Å². The second-order valence-corrected chi connectivity index (χ2v) is 4.40. The molecule has 2 rings (SSSR count). The lowest BCUT2D eigenvalue weighted by Gasteiger charge is -2.19. The topological polar surface area (TPSA) is 26.3 Å². The zero-order valence-electron chi connectivity index (χ0n) is 9.02. The Balaban J connectivity index is 1.82. The van der Waals surface area contributed by atoms with Gasteiger partial charge in [0.05, 0.1) is 0 Å². The standard InChI is InChI=1S/C13H18O2/c14-13-8-4-7-12(15-13)10-9-11-5-2-1-3-6-11/h4,8-12H,1-3,5-7H2/b10-9+/t12-/m1/s1. The third-order valence-electron chi connectivity index (χ3n) is 3.14. The Bertz CT molecular complexity index is 272. The zero-order chi connectivity index (χ0) is 10.5. The summed E-state index contributed by atoms with van der Waals surface area (Å²) in [7, 11) is 0. The molecule has 1 saturated carbocycles. The molecule has 0 aromatic heterocycles. The van der Waals surface area contributed by atoms with Crippen LogP contribution < -0.4 is 0 Å². The number of hydrogen-bond donors (Lipinski definition) is 0. The van der Waals surface area contributed by atoms with Gasteiger partial charge in [0.25, 0.3) is 0 Å². The van der Waals surface area contributed by atoms with E-state index < -0.39 is 0 Å². The van der Waals surface area contributed by atoms with E-state index in [1.165, 1.54) is 38.2 Å². The van der Waals surface area contributed by atoms with Gasteiger partial charge in [-0.2, -0.15) is 0 Å². The fourth-order valence-corrected chi connectivity index (χ4v) is 2.26. The number of allylic oxidation sites excluding steroid dienone is 1. The van der Waals surface area contributed by atoms with Gasteiger partial charge in [-0.05, 0) is 24.8 Å². The van der Waals surface area contributed by atoms with E-state index in [0.29, 0.717) is 5.92 Å². The molecule has 1 heterocycles. The Labute approximate surface area is 91.0 Å². The van der Waals surface area contributed by atoms with Gasteiger partial charge in [0.2, 0.25) is 0 Å². The van der Waals surface area contributed by atoms with E-state index in [2.05, 4.69) is 12.2 Å². The van der Waals surface area contributed by atoms with Gasteiger partial charge in [0.15, 0.2) is 0 Å². The lowest BCUT2D eigenvalue weighted by molar-refractivity contribution is -0.141. The van der Waals surface area contributed by atoms with E-state index in [0.717, 1.165) is 6.42 Å². The molecule has 0 amide bonds. The van der Waals surface area contributed by atoms with Crippen molar-refractivity contribution in [2.24, 2.45) is 5.92 Å². The van der Waals surface area contributed by atoms with E-state index >= 15 is 0 Å². The van der Waals surface area contributed by atoms with Crippen molar-refractivity contribution in [3.63, 3.8) is 0 Å². The van der Waals surface area contributed by atoms with Crippen molar-refractivity contribution in [2.75, 3.05) is 0 Å². The minimum atomic E-state index is -0.209. The molecule has 0 saturated heterocycles. The first-order chi connectivity index (χ1) is 7.34. The highest BCUT2D eigenvalue weighted by atomic mass is 16.5. The Hall–Kier alpha value is -1.05. The number of carbonyl (C=O) groups excluding carboxylic acids is 1. The van der Waals surface area contributed by atoms with Crippen LogP contribution in [0.5, 0.6) is 0 Å². The monoisotopic (exact) mass is 206 g/mol. The first-order valence-electron chi connectivity index (χ1n) is 5.90. The van der Waals surface area contributed by atoms with Gasteiger partial charge in [0, 0.05) is 12.5 Å². The van der Waals surface area contributed by atoms with E-state index in [1.54, 1.807) is 0 Å².